The number of nitrogens with one attached hydrogen (secondary N) is 1. The molecule has 1 aromatic heterocycles. The molecule has 0 saturated heterocycles. The first-order valence-electron chi connectivity index (χ1n) is 5.79. The first kappa shape index (κ1) is 12.2. The molecule has 1 heterocycles. The van der Waals surface area contributed by atoms with Crippen LogP contribution < -0.4 is 5.32 Å². The van der Waals surface area contributed by atoms with Crippen molar-refractivity contribution in [3.8, 4) is 0 Å². The Kier molecular flexibility index (Phi) is 4.33. The lowest BCUT2D eigenvalue weighted by molar-refractivity contribution is 0.425. The van der Waals surface area contributed by atoms with Gasteiger partial charge in [0.15, 0.2) is 0 Å². The molecule has 0 spiro atoms. The van der Waals surface area contributed by atoms with Crippen molar-refractivity contribution < 1.29 is 0 Å². The van der Waals surface area contributed by atoms with E-state index < -0.39 is 0 Å². The fourth-order valence-corrected chi connectivity index (χ4v) is 1.54. The molecule has 1 aromatic rings. The summed E-state index contributed by atoms with van der Waals surface area (Å²) in [5, 5.41) is 7.96. The number of aromatic nitrogens is 2. The fraction of sp³-hybridized carbons (Fsp3) is 0.750. The van der Waals surface area contributed by atoms with Crippen molar-refractivity contribution in [3.63, 3.8) is 0 Å². The quantitative estimate of drug-likeness (QED) is 0.805. The summed E-state index contributed by atoms with van der Waals surface area (Å²) >= 11 is 0. The molecule has 1 atom stereocenters. The van der Waals surface area contributed by atoms with Crippen LogP contribution in [0.3, 0.4) is 0 Å². The predicted octanol–water partition coefficient (Wildman–Crippen LogP) is 2.12. The molecule has 0 amide bonds. The van der Waals surface area contributed by atoms with Crippen LogP contribution in [-0.2, 0) is 20.0 Å². The maximum absolute atomic E-state index is 4.43. The minimum Gasteiger partial charge on any atom is -0.310 e. The fourth-order valence-electron chi connectivity index (χ4n) is 1.54. The van der Waals surface area contributed by atoms with Gasteiger partial charge in [-0.3, -0.25) is 4.68 Å². The molecule has 1 unspecified atom stereocenters. The van der Waals surface area contributed by atoms with E-state index in [1.165, 1.54) is 11.3 Å². The van der Waals surface area contributed by atoms with E-state index >= 15 is 0 Å². The highest BCUT2D eigenvalue weighted by atomic mass is 15.3. The summed E-state index contributed by atoms with van der Waals surface area (Å²) < 4.78 is 1.90. The molecule has 1 rings (SSSR count). The van der Waals surface area contributed by atoms with Crippen LogP contribution in [0.2, 0.25) is 0 Å². The average Bonchev–Trinajstić information content (AvgIpc) is 2.55. The first-order valence-corrected chi connectivity index (χ1v) is 5.79. The van der Waals surface area contributed by atoms with E-state index in [4.69, 9.17) is 0 Å². The van der Waals surface area contributed by atoms with Gasteiger partial charge in [-0.15, -0.1) is 0 Å². The van der Waals surface area contributed by atoms with Crippen molar-refractivity contribution in [2.24, 2.45) is 13.0 Å². The molecular weight excluding hydrogens is 186 g/mol. The maximum Gasteiger partial charge on any atom is 0.0666 e. The van der Waals surface area contributed by atoms with Gasteiger partial charge in [-0.2, -0.15) is 5.10 Å². The van der Waals surface area contributed by atoms with E-state index in [0.717, 1.165) is 13.0 Å². The zero-order chi connectivity index (χ0) is 11.4. The molecule has 0 saturated carbocycles. The molecule has 3 heteroatoms. The first-order chi connectivity index (χ1) is 7.04. The highest BCUT2D eigenvalue weighted by molar-refractivity contribution is 5.16. The molecule has 0 aromatic carbocycles. The lowest BCUT2D eigenvalue weighted by Gasteiger charge is -2.17. The third kappa shape index (κ3) is 3.34. The molecule has 0 aliphatic rings. The van der Waals surface area contributed by atoms with E-state index in [0.29, 0.717) is 12.0 Å². The van der Waals surface area contributed by atoms with Crippen LogP contribution in [0.1, 0.15) is 39.0 Å². The van der Waals surface area contributed by atoms with Gasteiger partial charge in [0.1, 0.15) is 0 Å². The van der Waals surface area contributed by atoms with Crippen molar-refractivity contribution >= 4 is 0 Å². The van der Waals surface area contributed by atoms with Crippen molar-refractivity contribution in [2.45, 2.75) is 46.7 Å². The minimum absolute atomic E-state index is 0.551. The Labute approximate surface area is 92.9 Å². The Hall–Kier alpha value is -0.830. The number of hydrogen-bond donors (Lipinski definition) is 1. The second-order valence-corrected chi connectivity index (χ2v) is 4.54. The molecular formula is C12H23N3. The maximum atomic E-state index is 4.43. The van der Waals surface area contributed by atoms with Crippen LogP contribution in [0.4, 0.5) is 0 Å². The summed E-state index contributed by atoms with van der Waals surface area (Å²) in [4.78, 5) is 0. The van der Waals surface area contributed by atoms with Gasteiger partial charge in [-0.05, 0) is 19.3 Å². The third-order valence-corrected chi connectivity index (χ3v) is 2.94. The molecule has 0 fully saturated rings. The highest BCUT2D eigenvalue weighted by Crippen LogP contribution is 2.08. The van der Waals surface area contributed by atoms with Crippen molar-refractivity contribution in [1.82, 2.24) is 15.1 Å². The van der Waals surface area contributed by atoms with Gasteiger partial charge in [0.2, 0.25) is 0 Å². The SMILES string of the molecule is CCc1nn(C)cc1CNC(C)C(C)C. The topological polar surface area (TPSA) is 29.9 Å². The highest BCUT2D eigenvalue weighted by Gasteiger charge is 2.09. The summed E-state index contributed by atoms with van der Waals surface area (Å²) in [5.41, 5.74) is 2.54. The number of rotatable bonds is 5. The summed E-state index contributed by atoms with van der Waals surface area (Å²) in [6.45, 7) is 9.78. The Balaban J connectivity index is 2.56. The monoisotopic (exact) mass is 209 g/mol. The van der Waals surface area contributed by atoms with E-state index in [1.807, 2.05) is 11.7 Å². The zero-order valence-electron chi connectivity index (χ0n) is 10.5. The van der Waals surface area contributed by atoms with Crippen LogP contribution in [0.25, 0.3) is 0 Å². The molecule has 3 nitrogen and oxygen atoms in total. The largest absolute Gasteiger partial charge is 0.310 e. The lowest BCUT2D eigenvalue weighted by atomic mass is 10.1. The molecule has 15 heavy (non-hydrogen) atoms. The molecule has 0 bridgehead atoms. The van der Waals surface area contributed by atoms with Crippen LogP contribution in [0.5, 0.6) is 0 Å². The molecule has 0 aliphatic heterocycles. The average molecular weight is 209 g/mol. The van der Waals surface area contributed by atoms with Gasteiger partial charge in [0, 0.05) is 31.4 Å². The Morgan fingerprint density at radius 3 is 2.60 bits per heavy atom. The smallest absolute Gasteiger partial charge is 0.0666 e. The van der Waals surface area contributed by atoms with Crippen LogP contribution >= 0.6 is 0 Å². The van der Waals surface area contributed by atoms with Gasteiger partial charge in [-0.25, -0.2) is 0 Å². The predicted molar refractivity (Wildman–Crippen MR) is 63.7 cm³/mol. The van der Waals surface area contributed by atoms with Crippen LogP contribution in [0, 0.1) is 5.92 Å². The van der Waals surface area contributed by atoms with Crippen LogP contribution in [-0.4, -0.2) is 15.8 Å². The number of nitrogens with zero attached hydrogens (tertiary/aromatic N) is 2. The van der Waals surface area contributed by atoms with Crippen molar-refractivity contribution in [3.05, 3.63) is 17.5 Å². The number of aryl methyl sites for hydroxylation is 2. The molecule has 86 valence electrons. The van der Waals surface area contributed by atoms with Crippen LogP contribution in [0.15, 0.2) is 6.20 Å². The van der Waals surface area contributed by atoms with Crippen molar-refractivity contribution in [1.29, 1.82) is 0 Å². The third-order valence-electron chi connectivity index (χ3n) is 2.94. The Bertz CT molecular complexity index is 302. The van der Waals surface area contributed by atoms with Gasteiger partial charge >= 0.3 is 0 Å². The summed E-state index contributed by atoms with van der Waals surface area (Å²) in [6.07, 6.45) is 3.12. The van der Waals surface area contributed by atoms with Gasteiger partial charge in [0.05, 0.1) is 5.69 Å². The van der Waals surface area contributed by atoms with Crippen molar-refractivity contribution in [2.75, 3.05) is 0 Å². The van der Waals surface area contributed by atoms with Gasteiger partial charge < -0.3 is 5.32 Å². The standard InChI is InChI=1S/C12H23N3/c1-6-12-11(8-15(5)14-12)7-13-10(4)9(2)3/h8-10,13H,6-7H2,1-5H3. The summed E-state index contributed by atoms with van der Waals surface area (Å²) in [7, 11) is 1.98. The van der Waals surface area contributed by atoms with E-state index in [9.17, 15) is 0 Å². The zero-order valence-corrected chi connectivity index (χ0v) is 10.5. The molecule has 0 radical (unpaired) electrons. The minimum atomic E-state index is 0.551. The molecule has 1 N–H and O–H groups in total. The number of hydrogen-bond acceptors (Lipinski definition) is 2. The van der Waals surface area contributed by atoms with Gasteiger partial charge in [-0.1, -0.05) is 20.8 Å². The lowest BCUT2D eigenvalue weighted by Crippen LogP contribution is -2.30. The second kappa shape index (κ2) is 5.31. The molecule has 0 aliphatic carbocycles. The van der Waals surface area contributed by atoms with E-state index in [-0.39, 0.29) is 0 Å². The summed E-state index contributed by atoms with van der Waals surface area (Å²) in [6, 6.07) is 0.551. The Morgan fingerprint density at radius 1 is 1.40 bits per heavy atom. The van der Waals surface area contributed by atoms with E-state index in [1.54, 1.807) is 0 Å². The summed E-state index contributed by atoms with van der Waals surface area (Å²) in [5.74, 6) is 0.673. The van der Waals surface area contributed by atoms with Gasteiger partial charge in [0.25, 0.3) is 0 Å². The van der Waals surface area contributed by atoms with E-state index in [2.05, 4.69) is 44.3 Å². The normalized spacial score (nSPS) is 13.5. The second-order valence-electron chi connectivity index (χ2n) is 4.54. The Morgan fingerprint density at radius 2 is 2.07 bits per heavy atom.